The Labute approximate surface area is 129 Å². The Morgan fingerprint density at radius 1 is 1.43 bits per heavy atom. The van der Waals surface area contributed by atoms with E-state index in [2.05, 4.69) is 6.92 Å². The molecule has 2 fully saturated rings. The van der Waals surface area contributed by atoms with Crippen LogP contribution in [0, 0.1) is 5.41 Å². The van der Waals surface area contributed by atoms with E-state index in [1.54, 1.807) is 12.1 Å². The maximum absolute atomic E-state index is 11.5. The summed E-state index contributed by atoms with van der Waals surface area (Å²) in [7, 11) is 0. The Morgan fingerprint density at radius 3 is 2.57 bits per heavy atom. The van der Waals surface area contributed by atoms with Crippen LogP contribution in [0.15, 0.2) is 18.2 Å². The van der Waals surface area contributed by atoms with Crippen molar-refractivity contribution in [2.75, 3.05) is 19.8 Å². The summed E-state index contributed by atoms with van der Waals surface area (Å²) in [5, 5.41) is 9.93. The van der Waals surface area contributed by atoms with Crippen LogP contribution in [0.2, 0.25) is 5.02 Å². The van der Waals surface area contributed by atoms with Crippen molar-refractivity contribution in [2.45, 2.75) is 31.6 Å². The van der Waals surface area contributed by atoms with Crippen molar-refractivity contribution in [3.63, 3.8) is 0 Å². The number of aliphatic carboxylic acids is 1. The van der Waals surface area contributed by atoms with E-state index in [-0.39, 0.29) is 5.41 Å². The van der Waals surface area contributed by atoms with Crippen LogP contribution in [-0.4, -0.2) is 30.9 Å². The minimum absolute atomic E-state index is 0.0538. The maximum Gasteiger partial charge on any atom is 0.314 e. The van der Waals surface area contributed by atoms with E-state index < -0.39 is 11.4 Å². The van der Waals surface area contributed by atoms with E-state index in [4.69, 9.17) is 21.1 Å². The molecule has 1 aliphatic carbocycles. The molecule has 0 amide bonds. The number of rotatable bonds is 5. The lowest BCUT2D eigenvalue weighted by atomic mass is 9.64. The first kappa shape index (κ1) is 14.7. The second-order valence-electron chi connectivity index (χ2n) is 6.48. The molecule has 2 aliphatic rings. The van der Waals surface area contributed by atoms with E-state index in [0.29, 0.717) is 43.4 Å². The van der Waals surface area contributed by atoms with Crippen LogP contribution in [0.5, 0.6) is 5.75 Å². The van der Waals surface area contributed by atoms with Gasteiger partial charge < -0.3 is 14.6 Å². The summed E-state index contributed by atoms with van der Waals surface area (Å²) < 4.78 is 11.0. The average molecular weight is 311 g/mol. The molecule has 21 heavy (non-hydrogen) atoms. The minimum atomic E-state index is -0.766. The van der Waals surface area contributed by atoms with Gasteiger partial charge in [0.25, 0.3) is 0 Å². The van der Waals surface area contributed by atoms with E-state index in [9.17, 15) is 9.90 Å². The van der Waals surface area contributed by atoms with Gasteiger partial charge in [-0.2, -0.15) is 0 Å². The maximum atomic E-state index is 11.5. The first-order valence-electron chi connectivity index (χ1n) is 7.19. The molecule has 0 unspecified atom stereocenters. The molecule has 1 aromatic carbocycles. The summed E-state index contributed by atoms with van der Waals surface area (Å²) in [6.07, 6.45) is 2.29. The Kier molecular flexibility index (Phi) is 3.62. The largest absolute Gasteiger partial charge is 0.491 e. The molecular formula is C16H19ClO4. The van der Waals surface area contributed by atoms with Gasteiger partial charge >= 0.3 is 5.97 Å². The molecule has 3 rings (SSSR count). The zero-order valence-electron chi connectivity index (χ0n) is 12.0. The Hall–Kier alpha value is -1.26. The third-order valence-electron chi connectivity index (χ3n) is 4.58. The average Bonchev–Trinajstić information content (AvgIpc) is 2.33. The standard InChI is InChI=1S/C16H19ClO4/c1-15(8-20-9-15)10-21-13-4-3-11(7-12(13)17)16(14(18)19)5-2-6-16/h3-4,7H,2,5-6,8-10H2,1H3,(H,18,19). The number of carboxylic acid groups (broad SMARTS) is 1. The van der Waals surface area contributed by atoms with Crippen LogP contribution in [0.1, 0.15) is 31.7 Å². The molecule has 0 bridgehead atoms. The lowest BCUT2D eigenvalue weighted by Gasteiger charge is -2.39. The van der Waals surface area contributed by atoms with Crippen molar-refractivity contribution < 1.29 is 19.4 Å². The summed E-state index contributed by atoms with van der Waals surface area (Å²) in [5.41, 5.74) is 0.0746. The number of carboxylic acids is 1. The molecule has 4 nitrogen and oxygen atoms in total. The van der Waals surface area contributed by atoms with Crippen molar-refractivity contribution in [1.82, 2.24) is 0 Å². The van der Waals surface area contributed by atoms with Crippen molar-refractivity contribution in [2.24, 2.45) is 5.41 Å². The zero-order chi connectivity index (χ0) is 15.1. The molecule has 1 heterocycles. The normalized spacial score (nSPS) is 22.0. The molecule has 0 atom stereocenters. The number of carbonyl (C=O) groups is 1. The Morgan fingerprint density at radius 2 is 2.14 bits per heavy atom. The highest BCUT2D eigenvalue weighted by Crippen LogP contribution is 2.45. The number of benzene rings is 1. The van der Waals surface area contributed by atoms with Crippen molar-refractivity contribution in [3.8, 4) is 5.75 Å². The van der Waals surface area contributed by atoms with Gasteiger partial charge in [-0.15, -0.1) is 0 Å². The Bertz CT molecular complexity index is 561. The quantitative estimate of drug-likeness (QED) is 0.907. The van der Waals surface area contributed by atoms with Crippen LogP contribution < -0.4 is 4.74 Å². The number of halogens is 1. The van der Waals surface area contributed by atoms with Gasteiger partial charge in [0, 0.05) is 5.41 Å². The van der Waals surface area contributed by atoms with Gasteiger partial charge in [-0.25, -0.2) is 0 Å². The number of ether oxygens (including phenoxy) is 2. The second-order valence-corrected chi connectivity index (χ2v) is 6.89. The summed E-state index contributed by atoms with van der Waals surface area (Å²) in [6.45, 7) is 4.05. The van der Waals surface area contributed by atoms with Crippen LogP contribution in [0.4, 0.5) is 0 Å². The molecule has 1 aliphatic heterocycles. The highest BCUT2D eigenvalue weighted by Gasteiger charge is 2.46. The van der Waals surface area contributed by atoms with Crippen LogP contribution in [-0.2, 0) is 14.9 Å². The van der Waals surface area contributed by atoms with Crippen molar-refractivity contribution in [3.05, 3.63) is 28.8 Å². The highest BCUT2D eigenvalue weighted by molar-refractivity contribution is 6.32. The summed E-state index contributed by atoms with van der Waals surface area (Å²) in [4.78, 5) is 11.5. The molecular weight excluding hydrogens is 292 g/mol. The second kappa shape index (κ2) is 5.18. The van der Waals surface area contributed by atoms with E-state index in [0.717, 1.165) is 12.0 Å². The zero-order valence-corrected chi connectivity index (χ0v) is 12.8. The van der Waals surface area contributed by atoms with Crippen LogP contribution in [0.25, 0.3) is 0 Å². The van der Waals surface area contributed by atoms with Gasteiger partial charge in [0.15, 0.2) is 0 Å². The summed E-state index contributed by atoms with van der Waals surface area (Å²) in [6, 6.07) is 5.35. The molecule has 0 radical (unpaired) electrons. The SMILES string of the molecule is CC1(COc2ccc(C3(C(=O)O)CCC3)cc2Cl)COC1. The molecule has 1 aromatic rings. The lowest BCUT2D eigenvalue weighted by Crippen LogP contribution is -2.44. The highest BCUT2D eigenvalue weighted by atomic mass is 35.5. The van der Waals surface area contributed by atoms with Crippen molar-refractivity contribution >= 4 is 17.6 Å². The fourth-order valence-corrected chi connectivity index (χ4v) is 3.09. The molecule has 0 aromatic heterocycles. The van der Waals surface area contributed by atoms with E-state index >= 15 is 0 Å². The smallest absolute Gasteiger partial charge is 0.314 e. The monoisotopic (exact) mass is 310 g/mol. The van der Waals surface area contributed by atoms with E-state index in [1.165, 1.54) is 0 Å². The minimum Gasteiger partial charge on any atom is -0.491 e. The van der Waals surface area contributed by atoms with Gasteiger partial charge in [-0.1, -0.05) is 31.0 Å². The first-order valence-corrected chi connectivity index (χ1v) is 7.57. The van der Waals surface area contributed by atoms with Gasteiger partial charge in [0.05, 0.1) is 30.3 Å². The van der Waals surface area contributed by atoms with Gasteiger partial charge in [0.2, 0.25) is 0 Å². The molecule has 1 saturated carbocycles. The fraction of sp³-hybridized carbons (Fsp3) is 0.562. The fourth-order valence-electron chi connectivity index (χ4n) is 2.86. The summed E-state index contributed by atoms with van der Waals surface area (Å²) in [5.74, 6) is -0.161. The van der Waals surface area contributed by atoms with Crippen LogP contribution in [0.3, 0.4) is 0 Å². The van der Waals surface area contributed by atoms with Gasteiger partial charge in [-0.05, 0) is 30.5 Å². The predicted octanol–water partition coefficient (Wildman–Crippen LogP) is 3.26. The number of hydrogen-bond acceptors (Lipinski definition) is 3. The molecule has 0 spiro atoms. The molecule has 5 heteroatoms. The predicted molar refractivity (Wildman–Crippen MR) is 79.0 cm³/mol. The van der Waals surface area contributed by atoms with Gasteiger partial charge in [-0.3, -0.25) is 4.79 Å². The molecule has 1 N–H and O–H groups in total. The third-order valence-corrected chi connectivity index (χ3v) is 4.87. The van der Waals surface area contributed by atoms with Crippen molar-refractivity contribution in [1.29, 1.82) is 0 Å². The number of hydrogen-bond donors (Lipinski definition) is 1. The van der Waals surface area contributed by atoms with Crippen LogP contribution >= 0.6 is 11.6 Å². The lowest BCUT2D eigenvalue weighted by molar-refractivity contribution is -0.147. The summed E-state index contributed by atoms with van der Waals surface area (Å²) >= 11 is 6.26. The first-order chi connectivity index (χ1) is 9.95. The third kappa shape index (κ3) is 2.51. The van der Waals surface area contributed by atoms with E-state index in [1.807, 2.05) is 6.07 Å². The van der Waals surface area contributed by atoms with Gasteiger partial charge in [0.1, 0.15) is 5.75 Å². The topological polar surface area (TPSA) is 55.8 Å². The molecule has 1 saturated heterocycles. The molecule has 114 valence electrons. The Balaban J connectivity index is 1.75.